The van der Waals surface area contributed by atoms with Crippen LogP contribution in [0.5, 0.6) is 0 Å². The first kappa shape index (κ1) is 27.1. The van der Waals surface area contributed by atoms with Crippen LogP contribution in [0.15, 0.2) is 82.8 Å². The van der Waals surface area contributed by atoms with E-state index in [1.54, 1.807) is 24.3 Å². The van der Waals surface area contributed by atoms with Gasteiger partial charge in [0.2, 0.25) is 10.0 Å². The van der Waals surface area contributed by atoms with E-state index in [1.807, 2.05) is 12.3 Å². The van der Waals surface area contributed by atoms with Crippen LogP contribution >= 0.6 is 0 Å². The summed E-state index contributed by atoms with van der Waals surface area (Å²) in [7, 11) is -3.53. The summed E-state index contributed by atoms with van der Waals surface area (Å²) in [6.07, 6.45) is 10.0. The Hall–Kier alpha value is -2.52. The number of sulfonamides is 1. The van der Waals surface area contributed by atoms with Crippen molar-refractivity contribution in [1.82, 2.24) is 20.1 Å². The van der Waals surface area contributed by atoms with Gasteiger partial charge in [0.25, 0.3) is 0 Å². The largest absolute Gasteiger partial charge is 0.303 e. The number of aliphatic imine (C=N–C) groups is 1. The first-order chi connectivity index (χ1) is 18.5. The molecular weight excluding hydrogens is 494 g/mol. The Morgan fingerprint density at radius 3 is 2.37 bits per heavy atom. The molecule has 2 N–H and O–H groups in total. The molecule has 0 aromatic heterocycles. The van der Waals surface area contributed by atoms with Gasteiger partial charge in [0.15, 0.2) is 0 Å². The molecule has 1 saturated heterocycles. The van der Waals surface area contributed by atoms with Crippen molar-refractivity contribution in [1.29, 1.82) is 0 Å². The topological polar surface area (TPSA) is 77.0 Å². The number of nitrogens with zero attached hydrogens (tertiary/aromatic N) is 3. The van der Waals surface area contributed by atoms with E-state index < -0.39 is 10.0 Å². The summed E-state index contributed by atoms with van der Waals surface area (Å²) in [6, 6.07) is 19.8. The highest BCUT2D eigenvalue weighted by molar-refractivity contribution is 7.89. The van der Waals surface area contributed by atoms with E-state index in [0.29, 0.717) is 22.8 Å². The molecule has 2 fully saturated rings. The quantitative estimate of drug-likeness (QED) is 0.468. The Bertz CT molecular complexity index is 1190. The standard InChI is InChI=1S/C30H41N5O2S/c1-2-10-30-31-17-9-18-35(30)32-26-15-19-34(20-16-26)23-25-21-27(22-29(25)24-11-5-3-6-12-24)33-38(36,37)28-13-7-4-8-14-28/h3-9,11-14,17,25-27,29,32-33H,2,10,15-16,18-23H2,1H3/t25-,27+,29-/m1/s1. The van der Waals surface area contributed by atoms with Crippen LogP contribution in [0.2, 0.25) is 0 Å². The predicted molar refractivity (Wildman–Crippen MR) is 153 cm³/mol. The van der Waals surface area contributed by atoms with Crippen LogP contribution in [-0.2, 0) is 10.0 Å². The van der Waals surface area contributed by atoms with Gasteiger partial charge in [-0.3, -0.25) is 5.01 Å². The van der Waals surface area contributed by atoms with E-state index in [9.17, 15) is 8.42 Å². The molecule has 1 aliphatic carbocycles. The molecule has 7 nitrogen and oxygen atoms in total. The average Bonchev–Trinajstić information content (AvgIpc) is 3.33. The summed E-state index contributed by atoms with van der Waals surface area (Å²) in [4.78, 5) is 7.50. The lowest BCUT2D eigenvalue weighted by Crippen LogP contribution is -2.53. The first-order valence-electron chi connectivity index (χ1n) is 14.1. The van der Waals surface area contributed by atoms with Gasteiger partial charge in [0, 0.05) is 31.2 Å². The van der Waals surface area contributed by atoms with E-state index in [4.69, 9.17) is 0 Å². The first-order valence-corrected chi connectivity index (χ1v) is 15.6. The number of hydrogen-bond acceptors (Lipinski definition) is 6. The van der Waals surface area contributed by atoms with E-state index in [0.717, 1.165) is 70.5 Å². The maximum Gasteiger partial charge on any atom is 0.240 e. The number of likely N-dealkylation sites (tertiary alicyclic amines) is 1. The molecule has 8 heteroatoms. The molecule has 0 amide bonds. The lowest BCUT2D eigenvalue weighted by atomic mass is 9.88. The zero-order chi connectivity index (χ0) is 26.4. The number of amidine groups is 1. The lowest BCUT2D eigenvalue weighted by molar-refractivity contribution is 0.140. The molecule has 2 heterocycles. The molecule has 0 spiro atoms. The van der Waals surface area contributed by atoms with E-state index in [-0.39, 0.29) is 6.04 Å². The molecule has 0 bridgehead atoms. The molecule has 0 unspecified atom stereocenters. The van der Waals surface area contributed by atoms with Gasteiger partial charge in [0.1, 0.15) is 5.84 Å². The molecule has 2 aliphatic heterocycles. The Morgan fingerprint density at radius 2 is 1.66 bits per heavy atom. The summed E-state index contributed by atoms with van der Waals surface area (Å²) < 4.78 is 29.1. The summed E-state index contributed by atoms with van der Waals surface area (Å²) in [5.41, 5.74) is 5.05. The van der Waals surface area contributed by atoms with Crippen LogP contribution < -0.4 is 10.1 Å². The average molecular weight is 536 g/mol. The fraction of sp³-hybridized carbons (Fsp3) is 0.500. The highest BCUT2D eigenvalue weighted by atomic mass is 32.2. The van der Waals surface area contributed by atoms with Gasteiger partial charge in [-0.2, -0.15) is 0 Å². The summed E-state index contributed by atoms with van der Waals surface area (Å²) in [5.74, 6) is 1.91. The van der Waals surface area contributed by atoms with Crippen molar-refractivity contribution in [3.8, 4) is 0 Å². The molecule has 3 aliphatic rings. The molecule has 204 valence electrons. The summed E-state index contributed by atoms with van der Waals surface area (Å²) in [5, 5.41) is 2.23. The monoisotopic (exact) mass is 535 g/mol. The van der Waals surface area contributed by atoms with Crippen LogP contribution in [0.25, 0.3) is 0 Å². The fourth-order valence-electron chi connectivity index (χ4n) is 6.23. The van der Waals surface area contributed by atoms with Crippen molar-refractivity contribution in [2.75, 3.05) is 26.2 Å². The van der Waals surface area contributed by atoms with Crippen LogP contribution in [0.1, 0.15) is 56.9 Å². The maximum atomic E-state index is 13.0. The minimum Gasteiger partial charge on any atom is -0.303 e. The molecule has 2 aromatic carbocycles. The third kappa shape index (κ3) is 6.72. The Morgan fingerprint density at radius 1 is 0.947 bits per heavy atom. The number of hydrogen-bond donors (Lipinski definition) is 2. The van der Waals surface area contributed by atoms with Crippen molar-refractivity contribution in [2.45, 2.75) is 68.3 Å². The minimum atomic E-state index is -3.53. The van der Waals surface area contributed by atoms with Crippen molar-refractivity contribution in [3.63, 3.8) is 0 Å². The van der Waals surface area contributed by atoms with Crippen LogP contribution in [0.3, 0.4) is 0 Å². The van der Waals surface area contributed by atoms with Gasteiger partial charge >= 0.3 is 0 Å². The van der Waals surface area contributed by atoms with Gasteiger partial charge in [-0.15, -0.1) is 0 Å². The number of benzene rings is 2. The maximum absolute atomic E-state index is 13.0. The number of piperidine rings is 1. The second-order valence-electron chi connectivity index (χ2n) is 10.9. The third-order valence-corrected chi connectivity index (χ3v) is 9.66. The Kier molecular flexibility index (Phi) is 8.94. The highest BCUT2D eigenvalue weighted by Gasteiger charge is 2.38. The van der Waals surface area contributed by atoms with Gasteiger partial charge in [-0.25, -0.2) is 23.6 Å². The molecule has 2 aromatic rings. The number of hydrazine groups is 1. The van der Waals surface area contributed by atoms with Gasteiger partial charge < -0.3 is 4.90 Å². The molecule has 1 saturated carbocycles. The SMILES string of the molecule is CCCC1=NC=CCN1NC1CCN(C[C@H]2C[C@H](NS(=O)(=O)c3ccccc3)C[C@@H]2c2ccccc2)CC1. The zero-order valence-corrected chi connectivity index (χ0v) is 23.2. The predicted octanol–water partition coefficient (Wildman–Crippen LogP) is 4.52. The lowest BCUT2D eigenvalue weighted by Gasteiger charge is -2.38. The number of rotatable bonds is 10. The smallest absolute Gasteiger partial charge is 0.240 e. The summed E-state index contributed by atoms with van der Waals surface area (Å²) >= 11 is 0. The van der Waals surface area contributed by atoms with Crippen LogP contribution in [-0.4, -0.2) is 62.4 Å². The van der Waals surface area contributed by atoms with Crippen molar-refractivity contribution >= 4 is 15.9 Å². The fourth-order valence-corrected chi connectivity index (χ4v) is 7.51. The van der Waals surface area contributed by atoms with Crippen molar-refractivity contribution in [3.05, 3.63) is 78.5 Å². The van der Waals surface area contributed by atoms with E-state index in [1.165, 1.54) is 5.56 Å². The molecule has 3 atom stereocenters. The highest BCUT2D eigenvalue weighted by Crippen LogP contribution is 2.41. The van der Waals surface area contributed by atoms with Gasteiger partial charge in [0.05, 0.1) is 11.4 Å². The van der Waals surface area contributed by atoms with Crippen LogP contribution in [0, 0.1) is 5.92 Å². The third-order valence-electron chi connectivity index (χ3n) is 8.12. The molecule has 38 heavy (non-hydrogen) atoms. The van der Waals surface area contributed by atoms with Crippen molar-refractivity contribution < 1.29 is 8.42 Å². The molecular formula is C30H41N5O2S. The summed E-state index contributed by atoms with van der Waals surface area (Å²) in [6.45, 7) is 6.19. The Balaban J connectivity index is 1.19. The van der Waals surface area contributed by atoms with Gasteiger partial charge in [-0.05, 0) is 80.8 Å². The van der Waals surface area contributed by atoms with E-state index >= 15 is 0 Å². The minimum absolute atomic E-state index is 0.0574. The second-order valence-corrected chi connectivity index (χ2v) is 12.6. The van der Waals surface area contributed by atoms with Crippen molar-refractivity contribution in [2.24, 2.45) is 10.9 Å². The Labute approximate surface area is 228 Å². The second kappa shape index (κ2) is 12.6. The normalized spacial score (nSPS) is 25.0. The van der Waals surface area contributed by atoms with Gasteiger partial charge in [-0.1, -0.05) is 55.5 Å². The molecule has 5 rings (SSSR count). The van der Waals surface area contributed by atoms with E-state index in [2.05, 4.69) is 68.4 Å². The number of nitrogens with one attached hydrogen (secondary N) is 2. The van der Waals surface area contributed by atoms with Crippen LogP contribution in [0.4, 0.5) is 0 Å². The molecule has 0 radical (unpaired) electrons. The zero-order valence-electron chi connectivity index (χ0n) is 22.4.